The minimum Gasteiger partial charge on any atom is -0.358 e. The summed E-state index contributed by atoms with van der Waals surface area (Å²) in [6.45, 7) is 2.39. The number of rotatable bonds is 3. The molecular weight excluding hydrogens is 224 g/mol. The van der Waals surface area contributed by atoms with Crippen LogP contribution in [-0.2, 0) is 17.9 Å². The number of amides is 1. The molecule has 0 spiro atoms. The molecule has 2 rings (SSSR count). The molecule has 0 aliphatic carbocycles. The third-order valence-corrected chi connectivity index (χ3v) is 2.38. The third kappa shape index (κ3) is 1.88. The minimum atomic E-state index is -0.363. The van der Waals surface area contributed by atoms with Crippen LogP contribution < -0.4 is 10.9 Å². The van der Waals surface area contributed by atoms with E-state index in [2.05, 4.69) is 20.6 Å². The summed E-state index contributed by atoms with van der Waals surface area (Å²) in [7, 11) is 1.51. The molecule has 90 valence electrons. The Hall–Kier alpha value is -2.25. The first-order chi connectivity index (χ1) is 8.17. The van der Waals surface area contributed by atoms with Gasteiger partial charge in [0.25, 0.3) is 5.56 Å². The summed E-state index contributed by atoms with van der Waals surface area (Å²) in [5, 5.41) is 10.0. The Balaban J connectivity index is 2.51. The van der Waals surface area contributed by atoms with E-state index in [4.69, 9.17) is 0 Å². The van der Waals surface area contributed by atoms with Crippen LogP contribution in [-0.4, -0.2) is 37.5 Å². The van der Waals surface area contributed by atoms with Crippen molar-refractivity contribution in [2.75, 3.05) is 7.05 Å². The Labute approximate surface area is 96.3 Å². The van der Waals surface area contributed by atoms with Gasteiger partial charge < -0.3 is 5.32 Å². The monoisotopic (exact) mass is 236 g/mol. The van der Waals surface area contributed by atoms with E-state index in [1.54, 1.807) is 0 Å². The normalized spacial score (nSPS) is 10.7. The van der Waals surface area contributed by atoms with E-state index in [0.29, 0.717) is 12.2 Å². The fourth-order valence-corrected chi connectivity index (χ4v) is 1.45. The van der Waals surface area contributed by atoms with Gasteiger partial charge in [-0.15, -0.1) is 5.10 Å². The molecule has 0 radical (unpaired) electrons. The first kappa shape index (κ1) is 11.2. The maximum Gasteiger partial charge on any atom is 0.283 e. The second kappa shape index (κ2) is 4.32. The van der Waals surface area contributed by atoms with Gasteiger partial charge >= 0.3 is 0 Å². The molecule has 8 heteroatoms. The Morgan fingerprint density at radius 2 is 2.29 bits per heavy atom. The van der Waals surface area contributed by atoms with Crippen molar-refractivity contribution in [2.45, 2.75) is 20.0 Å². The summed E-state index contributed by atoms with van der Waals surface area (Å²) >= 11 is 0. The van der Waals surface area contributed by atoms with Crippen LogP contribution in [0.25, 0.3) is 11.2 Å². The van der Waals surface area contributed by atoms with E-state index in [0.717, 1.165) is 0 Å². The van der Waals surface area contributed by atoms with Gasteiger partial charge in [-0.25, -0.2) is 9.67 Å². The standard InChI is InChI=1S/C9H12N6O2/c1-3-15-8-7(12-13-15)9(17)14(5-11-8)4-6(16)10-2/h5H,3-4H2,1-2H3,(H,10,16). The molecule has 0 saturated heterocycles. The fourth-order valence-electron chi connectivity index (χ4n) is 1.45. The number of nitrogens with one attached hydrogen (secondary N) is 1. The summed E-state index contributed by atoms with van der Waals surface area (Å²) in [5.74, 6) is -0.267. The van der Waals surface area contributed by atoms with Crippen LogP contribution in [0.2, 0.25) is 0 Å². The van der Waals surface area contributed by atoms with Gasteiger partial charge in [-0.2, -0.15) is 0 Å². The van der Waals surface area contributed by atoms with Gasteiger partial charge in [0.15, 0.2) is 11.2 Å². The van der Waals surface area contributed by atoms with Gasteiger partial charge in [-0.05, 0) is 6.92 Å². The van der Waals surface area contributed by atoms with Crippen molar-refractivity contribution >= 4 is 17.1 Å². The van der Waals surface area contributed by atoms with Crippen LogP contribution in [0, 0.1) is 0 Å². The molecule has 0 atom stereocenters. The fraction of sp³-hybridized carbons (Fsp3) is 0.444. The van der Waals surface area contributed by atoms with Gasteiger partial charge in [0, 0.05) is 13.6 Å². The SMILES string of the molecule is CCn1nnc2c(=O)n(CC(=O)NC)cnc21. The molecule has 2 heterocycles. The lowest BCUT2D eigenvalue weighted by Gasteiger charge is -2.03. The third-order valence-electron chi connectivity index (χ3n) is 2.38. The van der Waals surface area contributed by atoms with Crippen molar-refractivity contribution in [1.29, 1.82) is 0 Å². The summed E-state index contributed by atoms with van der Waals surface area (Å²) in [5.41, 5.74) is 0.252. The molecule has 0 aromatic carbocycles. The molecule has 1 amide bonds. The highest BCUT2D eigenvalue weighted by Crippen LogP contribution is 2.01. The van der Waals surface area contributed by atoms with Crippen LogP contribution in [0.4, 0.5) is 0 Å². The number of hydrogen-bond acceptors (Lipinski definition) is 5. The smallest absolute Gasteiger partial charge is 0.283 e. The van der Waals surface area contributed by atoms with E-state index in [9.17, 15) is 9.59 Å². The molecule has 2 aromatic heterocycles. The first-order valence-corrected chi connectivity index (χ1v) is 5.16. The topological polar surface area (TPSA) is 94.7 Å². The highest BCUT2D eigenvalue weighted by atomic mass is 16.2. The van der Waals surface area contributed by atoms with Crippen molar-refractivity contribution in [1.82, 2.24) is 29.9 Å². The zero-order valence-electron chi connectivity index (χ0n) is 9.54. The highest BCUT2D eigenvalue weighted by Gasteiger charge is 2.12. The van der Waals surface area contributed by atoms with Crippen molar-refractivity contribution in [3.05, 3.63) is 16.7 Å². The number of likely N-dealkylation sites (N-methyl/N-ethyl adjacent to an activating group) is 1. The van der Waals surface area contributed by atoms with Crippen molar-refractivity contribution in [2.24, 2.45) is 0 Å². The van der Waals surface area contributed by atoms with Crippen LogP contribution in [0.3, 0.4) is 0 Å². The molecule has 1 N–H and O–H groups in total. The molecule has 0 aliphatic heterocycles. The molecule has 0 bridgehead atoms. The van der Waals surface area contributed by atoms with Crippen LogP contribution in [0.15, 0.2) is 11.1 Å². The van der Waals surface area contributed by atoms with Crippen molar-refractivity contribution in [3.63, 3.8) is 0 Å². The predicted molar refractivity (Wildman–Crippen MR) is 59.3 cm³/mol. The van der Waals surface area contributed by atoms with Gasteiger partial charge in [-0.3, -0.25) is 14.2 Å². The van der Waals surface area contributed by atoms with E-state index in [1.807, 2.05) is 6.92 Å². The number of nitrogens with zero attached hydrogens (tertiary/aromatic N) is 5. The first-order valence-electron chi connectivity index (χ1n) is 5.16. The molecule has 0 saturated carbocycles. The molecule has 8 nitrogen and oxygen atoms in total. The number of fused-ring (bicyclic) bond motifs is 1. The van der Waals surface area contributed by atoms with E-state index in [-0.39, 0.29) is 23.5 Å². The zero-order chi connectivity index (χ0) is 12.4. The summed E-state index contributed by atoms with van der Waals surface area (Å²) in [6, 6.07) is 0. The Bertz CT molecular complexity index is 613. The Morgan fingerprint density at radius 1 is 1.53 bits per heavy atom. The predicted octanol–water partition coefficient (Wildman–Crippen LogP) is -1.25. The summed E-state index contributed by atoms with van der Waals surface area (Å²) in [4.78, 5) is 27.2. The maximum absolute atomic E-state index is 11.9. The Kier molecular flexibility index (Phi) is 2.86. The number of carbonyl (C=O) groups excluding carboxylic acids is 1. The number of aromatic nitrogens is 5. The second-order valence-corrected chi connectivity index (χ2v) is 3.43. The molecule has 17 heavy (non-hydrogen) atoms. The number of carbonyl (C=O) groups is 1. The van der Waals surface area contributed by atoms with Crippen LogP contribution in [0.1, 0.15) is 6.92 Å². The summed E-state index contributed by atoms with van der Waals surface area (Å²) in [6.07, 6.45) is 1.33. The molecule has 2 aromatic rings. The van der Waals surface area contributed by atoms with Gasteiger partial charge in [0.1, 0.15) is 12.9 Å². The zero-order valence-corrected chi connectivity index (χ0v) is 9.54. The Morgan fingerprint density at radius 3 is 2.94 bits per heavy atom. The second-order valence-electron chi connectivity index (χ2n) is 3.43. The molecule has 0 unspecified atom stereocenters. The molecule has 0 aliphatic rings. The lowest BCUT2D eigenvalue weighted by atomic mass is 10.5. The lowest BCUT2D eigenvalue weighted by Crippen LogP contribution is -2.30. The van der Waals surface area contributed by atoms with Crippen LogP contribution in [0.5, 0.6) is 0 Å². The van der Waals surface area contributed by atoms with Gasteiger partial charge in [0.05, 0.1) is 0 Å². The average Bonchev–Trinajstić information content (AvgIpc) is 2.76. The molecule has 0 fully saturated rings. The molecular formula is C9H12N6O2. The van der Waals surface area contributed by atoms with Crippen LogP contribution >= 0.6 is 0 Å². The summed E-state index contributed by atoms with van der Waals surface area (Å²) < 4.78 is 2.73. The average molecular weight is 236 g/mol. The van der Waals surface area contributed by atoms with Crippen molar-refractivity contribution in [3.8, 4) is 0 Å². The number of aryl methyl sites for hydroxylation is 1. The largest absolute Gasteiger partial charge is 0.358 e. The number of hydrogen-bond donors (Lipinski definition) is 1. The van der Waals surface area contributed by atoms with Crippen molar-refractivity contribution < 1.29 is 4.79 Å². The van der Waals surface area contributed by atoms with E-state index in [1.165, 1.54) is 22.6 Å². The minimum absolute atomic E-state index is 0.0722. The van der Waals surface area contributed by atoms with Gasteiger partial charge in [-0.1, -0.05) is 5.21 Å². The highest BCUT2D eigenvalue weighted by molar-refractivity contribution is 5.76. The quantitative estimate of drug-likeness (QED) is 0.718. The lowest BCUT2D eigenvalue weighted by molar-refractivity contribution is -0.121. The van der Waals surface area contributed by atoms with E-state index >= 15 is 0 Å². The maximum atomic E-state index is 11.9. The van der Waals surface area contributed by atoms with Gasteiger partial charge in [0.2, 0.25) is 5.91 Å². The van der Waals surface area contributed by atoms with E-state index < -0.39 is 0 Å².